The number of carbonyl (C=O) groups is 3. The Morgan fingerprint density at radius 2 is 1.66 bits per heavy atom. The Morgan fingerprint density at radius 1 is 1.00 bits per heavy atom. The number of anilines is 1. The lowest BCUT2D eigenvalue weighted by molar-refractivity contribution is -0.123. The molecule has 0 saturated carbocycles. The molecule has 38 heavy (non-hydrogen) atoms. The number of amides is 4. The number of hydrogen-bond donors (Lipinski definition) is 2. The Labute approximate surface area is 226 Å². The first-order valence-corrected chi connectivity index (χ1v) is 12.5. The van der Waals surface area contributed by atoms with E-state index in [0.717, 1.165) is 21.6 Å². The minimum atomic E-state index is -0.502. The number of carbonyl (C=O) groups excluding carboxylic acids is 3. The lowest BCUT2D eigenvalue weighted by Gasteiger charge is -2.15. The summed E-state index contributed by atoms with van der Waals surface area (Å²) in [6.07, 6.45) is 1.53. The quantitative estimate of drug-likeness (QED) is 0.281. The SMILES string of the molecule is CCOc1cc(/C=C2/NC(=O)N(Cc3ccc(C)cc3)C2=O)cc(Cl)c1OCC(=O)Nc1ccc(C)cc1. The zero-order chi connectivity index (χ0) is 27.2. The van der Waals surface area contributed by atoms with Crippen molar-refractivity contribution in [2.45, 2.75) is 27.3 Å². The molecule has 9 heteroatoms. The number of halogens is 1. The molecule has 4 rings (SSSR count). The van der Waals surface area contributed by atoms with Crippen LogP contribution in [-0.4, -0.2) is 36.0 Å². The molecule has 3 aromatic rings. The van der Waals surface area contributed by atoms with Gasteiger partial charge >= 0.3 is 6.03 Å². The average Bonchev–Trinajstić information content (AvgIpc) is 3.13. The highest BCUT2D eigenvalue weighted by Crippen LogP contribution is 2.37. The van der Waals surface area contributed by atoms with Crippen LogP contribution in [0.4, 0.5) is 10.5 Å². The van der Waals surface area contributed by atoms with Crippen molar-refractivity contribution in [3.63, 3.8) is 0 Å². The van der Waals surface area contributed by atoms with E-state index < -0.39 is 11.9 Å². The van der Waals surface area contributed by atoms with Crippen LogP contribution >= 0.6 is 11.6 Å². The molecule has 0 aliphatic carbocycles. The molecular weight excluding hydrogens is 506 g/mol. The maximum absolute atomic E-state index is 12.9. The molecular formula is C29H28ClN3O5. The summed E-state index contributed by atoms with van der Waals surface area (Å²) in [5.74, 6) is -0.287. The first-order chi connectivity index (χ1) is 18.2. The first kappa shape index (κ1) is 26.8. The van der Waals surface area contributed by atoms with E-state index in [1.54, 1.807) is 31.2 Å². The highest BCUT2D eigenvalue weighted by atomic mass is 35.5. The smallest absolute Gasteiger partial charge is 0.329 e. The number of urea groups is 1. The van der Waals surface area contributed by atoms with E-state index in [2.05, 4.69) is 10.6 Å². The molecule has 1 aliphatic heterocycles. The Hall–Kier alpha value is -4.30. The molecule has 0 radical (unpaired) electrons. The summed E-state index contributed by atoms with van der Waals surface area (Å²) in [5, 5.41) is 5.57. The third-order valence-electron chi connectivity index (χ3n) is 5.75. The molecule has 0 unspecified atom stereocenters. The minimum Gasteiger partial charge on any atom is -0.490 e. The van der Waals surface area contributed by atoms with E-state index in [4.69, 9.17) is 21.1 Å². The molecule has 4 amide bonds. The van der Waals surface area contributed by atoms with Gasteiger partial charge in [0.05, 0.1) is 18.2 Å². The van der Waals surface area contributed by atoms with E-state index in [-0.39, 0.29) is 35.5 Å². The van der Waals surface area contributed by atoms with Gasteiger partial charge in [-0.1, -0.05) is 59.1 Å². The monoisotopic (exact) mass is 533 g/mol. The van der Waals surface area contributed by atoms with Crippen molar-refractivity contribution in [2.75, 3.05) is 18.5 Å². The van der Waals surface area contributed by atoms with Crippen molar-refractivity contribution < 1.29 is 23.9 Å². The van der Waals surface area contributed by atoms with Gasteiger partial charge in [0.15, 0.2) is 18.1 Å². The summed E-state index contributed by atoms with van der Waals surface area (Å²) in [5.41, 5.74) is 4.31. The van der Waals surface area contributed by atoms with Crippen molar-refractivity contribution in [2.24, 2.45) is 0 Å². The van der Waals surface area contributed by atoms with Gasteiger partial charge in [-0.05, 0) is 62.2 Å². The van der Waals surface area contributed by atoms with Crippen molar-refractivity contribution in [1.82, 2.24) is 10.2 Å². The van der Waals surface area contributed by atoms with Crippen molar-refractivity contribution in [3.8, 4) is 11.5 Å². The Balaban J connectivity index is 1.48. The zero-order valence-corrected chi connectivity index (χ0v) is 22.1. The van der Waals surface area contributed by atoms with Gasteiger partial charge in [-0.15, -0.1) is 0 Å². The normalized spacial score (nSPS) is 14.0. The van der Waals surface area contributed by atoms with E-state index in [1.165, 1.54) is 6.08 Å². The molecule has 0 atom stereocenters. The fourth-order valence-corrected chi connectivity index (χ4v) is 4.08. The number of nitrogens with one attached hydrogen (secondary N) is 2. The molecule has 0 spiro atoms. The molecule has 0 aromatic heterocycles. The Bertz CT molecular complexity index is 1380. The lowest BCUT2D eigenvalue weighted by Crippen LogP contribution is -2.30. The molecule has 0 bridgehead atoms. The van der Waals surface area contributed by atoms with Crippen LogP contribution in [0.3, 0.4) is 0 Å². The zero-order valence-electron chi connectivity index (χ0n) is 21.3. The highest BCUT2D eigenvalue weighted by Gasteiger charge is 2.33. The summed E-state index contributed by atoms with van der Waals surface area (Å²) >= 11 is 6.48. The number of imide groups is 1. The van der Waals surface area contributed by atoms with Crippen molar-refractivity contribution in [3.05, 3.63) is 93.6 Å². The number of rotatable bonds is 9. The number of hydrogen-bond acceptors (Lipinski definition) is 5. The van der Waals surface area contributed by atoms with Crippen LogP contribution in [0.2, 0.25) is 5.02 Å². The fraction of sp³-hybridized carbons (Fsp3) is 0.207. The summed E-state index contributed by atoms with van der Waals surface area (Å²) in [6.45, 7) is 5.93. The van der Waals surface area contributed by atoms with Crippen LogP contribution in [0, 0.1) is 13.8 Å². The molecule has 1 heterocycles. The van der Waals surface area contributed by atoms with E-state index in [9.17, 15) is 14.4 Å². The van der Waals surface area contributed by atoms with Gasteiger partial charge in [0.1, 0.15) is 5.70 Å². The van der Waals surface area contributed by atoms with E-state index in [1.807, 2.05) is 50.2 Å². The standard InChI is InChI=1S/C29H28ClN3O5/c1-4-37-25-15-21(13-23(30)27(25)38-17-26(34)31-22-11-7-19(3)8-12-22)14-24-28(35)33(29(36)32-24)16-20-9-5-18(2)6-10-20/h5-15H,4,16-17H2,1-3H3,(H,31,34)(H,32,36)/b24-14+. The second kappa shape index (κ2) is 11.8. The van der Waals surface area contributed by atoms with Gasteiger partial charge < -0.3 is 20.1 Å². The summed E-state index contributed by atoms with van der Waals surface area (Å²) in [6, 6.07) is 17.7. The predicted molar refractivity (Wildman–Crippen MR) is 146 cm³/mol. The highest BCUT2D eigenvalue weighted by molar-refractivity contribution is 6.32. The molecule has 1 aliphatic rings. The molecule has 1 saturated heterocycles. The summed E-state index contributed by atoms with van der Waals surface area (Å²) in [7, 11) is 0. The van der Waals surface area contributed by atoms with Crippen molar-refractivity contribution >= 4 is 41.2 Å². The molecule has 8 nitrogen and oxygen atoms in total. The summed E-state index contributed by atoms with van der Waals surface area (Å²) in [4.78, 5) is 39.0. The van der Waals surface area contributed by atoms with Crippen LogP contribution in [0.15, 0.2) is 66.4 Å². The fourth-order valence-electron chi connectivity index (χ4n) is 3.80. The lowest BCUT2D eigenvalue weighted by atomic mass is 10.1. The third kappa shape index (κ3) is 6.52. The Kier molecular flexibility index (Phi) is 8.33. The van der Waals surface area contributed by atoms with Gasteiger partial charge in [0.25, 0.3) is 11.8 Å². The molecule has 1 fully saturated rings. The second-order valence-corrected chi connectivity index (χ2v) is 9.24. The second-order valence-electron chi connectivity index (χ2n) is 8.83. The number of nitrogens with zero attached hydrogens (tertiary/aromatic N) is 1. The van der Waals surface area contributed by atoms with Crippen LogP contribution in [0.5, 0.6) is 11.5 Å². The molecule has 196 valence electrons. The summed E-state index contributed by atoms with van der Waals surface area (Å²) < 4.78 is 11.4. The predicted octanol–water partition coefficient (Wildman–Crippen LogP) is 5.47. The van der Waals surface area contributed by atoms with Crippen LogP contribution in [0.25, 0.3) is 6.08 Å². The van der Waals surface area contributed by atoms with E-state index in [0.29, 0.717) is 23.6 Å². The van der Waals surface area contributed by atoms with Gasteiger partial charge in [0.2, 0.25) is 0 Å². The third-order valence-corrected chi connectivity index (χ3v) is 6.03. The average molecular weight is 534 g/mol. The largest absolute Gasteiger partial charge is 0.490 e. The van der Waals surface area contributed by atoms with E-state index >= 15 is 0 Å². The maximum Gasteiger partial charge on any atom is 0.329 e. The topological polar surface area (TPSA) is 97.0 Å². The Morgan fingerprint density at radius 3 is 2.32 bits per heavy atom. The maximum atomic E-state index is 12.9. The minimum absolute atomic E-state index is 0.117. The first-order valence-electron chi connectivity index (χ1n) is 12.1. The van der Waals surface area contributed by atoms with Crippen LogP contribution in [0.1, 0.15) is 29.2 Å². The van der Waals surface area contributed by atoms with Gasteiger partial charge in [0, 0.05) is 5.69 Å². The van der Waals surface area contributed by atoms with Crippen LogP contribution in [-0.2, 0) is 16.1 Å². The van der Waals surface area contributed by atoms with Gasteiger partial charge in [-0.2, -0.15) is 0 Å². The van der Waals surface area contributed by atoms with Crippen LogP contribution < -0.4 is 20.1 Å². The number of aryl methyl sites for hydroxylation is 2. The molecule has 2 N–H and O–H groups in total. The van der Waals surface area contributed by atoms with Gasteiger partial charge in [-0.3, -0.25) is 14.5 Å². The van der Waals surface area contributed by atoms with Gasteiger partial charge in [-0.25, -0.2) is 4.79 Å². The molecule has 3 aromatic carbocycles. The van der Waals surface area contributed by atoms with Crippen molar-refractivity contribution in [1.29, 1.82) is 0 Å². The number of benzene rings is 3. The number of ether oxygens (including phenoxy) is 2.